The Balaban J connectivity index is 2.51. The van der Waals surface area contributed by atoms with Gasteiger partial charge in [-0.25, -0.2) is 0 Å². The average Bonchev–Trinajstić information content (AvgIpc) is 2.47. The highest BCUT2D eigenvalue weighted by Crippen LogP contribution is 2.33. The fourth-order valence-electron chi connectivity index (χ4n) is 2.00. The van der Waals surface area contributed by atoms with Crippen LogP contribution in [0.2, 0.25) is 0 Å². The Morgan fingerprint density at radius 1 is 0.947 bits per heavy atom. The molecule has 0 unspecified atom stereocenters. The molecule has 0 spiro atoms. The van der Waals surface area contributed by atoms with Crippen LogP contribution in [0.3, 0.4) is 0 Å². The van der Waals surface area contributed by atoms with Crippen LogP contribution < -0.4 is 0 Å². The summed E-state index contributed by atoms with van der Waals surface area (Å²) >= 11 is 9.32. The summed E-state index contributed by atoms with van der Waals surface area (Å²) in [6.07, 6.45) is 1.03. The molecule has 0 aliphatic carbocycles. The Kier molecular flexibility index (Phi) is 4.78. The molecule has 0 saturated heterocycles. The van der Waals surface area contributed by atoms with Crippen molar-refractivity contribution in [3.63, 3.8) is 0 Å². The molecule has 0 fully saturated rings. The van der Waals surface area contributed by atoms with Gasteiger partial charge in [0.05, 0.1) is 0 Å². The van der Waals surface area contributed by atoms with Gasteiger partial charge in [-0.3, -0.25) is 0 Å². The second-order valence-corrected chi connectivity index (χ2v) is 5.46. The smallest absolute Gasteiger partial charge is 0.0255 e. The first-order chi connectivity index (χ1) is 9.13. The fraction of sp³-hybridized carbons (Fsp3) is 0.176. The lowest BCUT2D eigenvalue weighted by molar-refractivity contribution is 1.13. The van der Waals surface area contributed by atoms with Crippen molar-refractivity contribution in [1.82, 2.24) is 0 Å². The third-order valence-corrected chi connectivity index (χ3v) is 4.36. The first-order valence-corrected chi connectivity index (χ1v) is 7.30. The van der Waals surface area contributed by atoms with Crippen LogP contribution in [0.1, 0.15) is 29.2 Å². The lowest BCUT2D eigenvalue weighted by Crippen LogP contribution is -1.90. The summed E-state index contributed by atoms with van der Waals surface area (Å²) in [6.45, 7) is 4.27. The number of benzene rings is 2. The summed E-state index contributed by atoms with van der Waals surface area (Å²) in [6, 6.07) is 16.7. The molecule has 2 aromatic carbocycles. The van der Waals surface area contributed by atoms with Gasteiger partial charge >= 0.3 is 0 Å². The molecule has 2 heteroatoms. The van der Waals surface area contributed by atoms with Gasteiger partial charge in [0.2, 0.25) is 0 Å². The molecular formula is C17H18S2. The second kappa shape index (κ2) is 6.36. The molecule has 0 aromatic heterocycles. The van der Waals surface area contributed by atoms with E-state index in [0.717, 1.165) is 27.4 Å². The molecule has 0 aliphatic heterocycles. The van der Waals surface area contributed by atoms with Gasteiger partial charge in [0, 0.05) is 9.81 Å². The SMILES string of the molecule is CCc1ccc(C)c(C(S)=C(S)c2ccccc2)c1. The van der Waals surface area contributed by atoms with E-state index in [9.17, 15) is 0 Å². The van der Waals surface area contributed by atoms with E-state index in [4.69, 9.17) is 0 Å². The number of thiol groups is 2. The van der Waals surface area contributed by atoms with E-state index >= 15 is 0 Å². The normalized spacial score (nSPS) is 12.2. The Labute approximate surface area is 126 Å². The van der Waals surface area contributed by atoms with Crippen molar-refractivity contribution < 1.29 is 0 Å². The van der Waals surface area contributed by atoms with Crippen molar-refractivity contribution >= 4 is 35.1 Å². The van der Waals surface area contributed by atoms with Gasteiger partial charge < -0.3 is 0 Å². The lowest BCUT2D eigenvalue weighted by Gasteiger charge is -2.11. The fourth-order valence-corrected chi connectivity index (χ4v) is 2.64. The Morgan fingerprint density at radius 3 is 2.26 bits per heavy atom. The van der Waals surface area contributed by atoms with Crippen molar-refractivity contribution in [2.45, 2.75) is 20.3 Å². The van der Waals surface area contributed by atoms with Gasteiger partial charge in [-0.1, -0.05) is 55.5 Å². The van der Waals surface area contributed by atoms with Crippen molar-refractivity contribution in [2.24, 2.45) is 0 Å². The van der Waals surface area contributed by atoms with Crippen LogP contribution in [-0.4, -0.2) is 0 Å². The van der Waals surface area contributed by atoms with Gasteiger partial charge in [-0.15, -0.1) is 25.3 Å². The lowest BCUT2D eigenvalue weighted by atomic mass is 10.0. The van der Waals surface area contributed by atoms with E-state index < -0.39 is 0 Å². The van der Waals surface area contributed by atoms with Crippen molar-refractivity contribution in [1.29, 1.82) is 0 Å². The van der Waals surface area contributed by atoms with Crippen LogP contribution in [0.4, 0.5) is 0 Å². The van der Waals surface area contributed by atoms with E-state index in [1.54, 1.807) is 0 Å². The maximum absolute atomic E-state index is 4.68. The highest BCUT2D eigenvalue weighted by molar-refractivity contribution is 7.96. The maximum atomic E-state index is 4.68. The molecule has 0 amide bonds. The first-order valence-electron chi connectivity index (χ1n) is 6.41. The molecule has 19 heavy (non-hydrogen) atoms. The molecule has 98 valence electrons. The van der Waals surface area contributed by atoms with Crippen LogP contribution in [0.5, 0.6) is 0 Å². The zero-order chi connectivity index (χ0) is 13.8. The Hall–Kier alpha value is -1.12. The monoisotopic (exact) mass is 286 g/mol. The van der Waals surface area contributed by atoms with E-state index in [0.29, 0.717) is 0 Å². The number of hydrogen-bond donors (Lipinski definition) is 2. The maximum Gasteiger partial charge on any atom is 0.0255 e. The summed E-state index contributed by atoms with van der Waals surface area (Å²) in [5.74, 6) is 0. The van der Waals surface area contributed by atoms with Crippen LogP contribution in [0, 0.1) is 6.92 Å². The summed E-state index contributed by atoms with van der Waals surface area (Å²) in [5, 5.41) is 0. The van der Waals surface area contributed by atoms with E-state index in [2.05, 4.69) is 69.4 Å². The predicted molar refractivity (Wildman–Crippen MR) is 91.8 cm³/mol. The minimum atomic E-state index is 0.917. The molecule has 2 aromatic rings. The zero-order valence-corrected chi connectivity index (χ0v) is 13.0. The molecule has 0 bridgehead atoms. The standard InChI is InChI=1S/C17H18S2/c1-3-13-10-9-12(2)15(11-13)17(19)16(18)14-7-5-4-6-8-14/h4-11,18-19H,3H2,1-2H3. The second-order valence-electron chi connectivity index (χ2n) is 4.57. The number of aryl methyl sites for hydroxylation is 2. The summed E-state index contributed by atoms with van der Waals surface area (Å²) in [4.78, 5) is 1.85. The summed E-state index contributed by atoms with van der Waals surface area (Å²) in [5.41, 5.74) is 4.81. The van der Waals surface area contributed by atoms with Crippen LogP contribution in [-0.2, 0) is 6.42 Å². The number of rotatable bonds is 3. The first kappa shape index (κ1) is 14.3. The molecule has 0 saturated carbocycles. The van der Waals surface area contributed by atoms with Gasteiger partial charge in [0.1, 0.15) is 0 Å². The Morgan fingerprint density at radius 2 is 1.63 bits per heavy atom. The third-order valence-electron chi connectivity index (χ3n) is 3.24. The Bertz CT molecular complexity index is 598. The van der Waals surface area contributed by atoms with Crippen LogP contribution in [0.15, 0.2) is 48.5 Å². The average molecular weight is 286 g/mol. The molecular weight excluding hydrogens is 268 g/mol. The predicted octanol–water partition coefficient (Wildman–Crippen LogP) is 5.24. The van der Waals surface area contributed by atoms with Crippen LogP contribution in [0.25, 0.3) is 9.81 Å². The van der Waals surface area contributed by atoms with Crippen molar-refractivity contribution in [2.75, 3.05) is 0 Å². The minimum Gasteiger partial charge on any atom is -0.142 e. The molecule has 2 rings (SSSR count). The topological polar surface area (TPSA) is 0 Å². The van der Waals surface area contributed by atoms with Gasteiger partial charge in [0.15, 0.2) is 0 Å². The van der Waals surface area contributed by atoms with Crippen molar-refractivity contribution in [3.05, 3.63) is 70.8 Å². The molecule has 0 heterocycles. The van der Waals surface area contributed by atoms with Gasteiger partial charge in [0.25, 0.3) is 0 Å². The van der Waals surface area contributed by atoms with Gasteiger partial charge in [-0.2, -0.15) is 0 Å². The van der Waals surface area contributed by atoms with E-state index in [1.165, 1.54) is 11.1 Å². The zero-order valence-electron chi connectivity index (χ0n) is 11.2. The molecule has 0 aliphatic rings. The van der Waals surface area contributed by atoms with E-state index in [-0.39, 0.29) is 0 Å². The highest BCUT2D eigenvalue weighted by atomic mass is 32.1. The largest absolute Gasteiger partial charge is 0.142 e. The molecule has 0 nitrogen and oxygen atoms in total. The quantitative estimate of drug-likeness (QED) is 0.559. The highest BCUT2D eigenvalue weighted by Gasteiger charge is 2.08. The van der Waals surface area contributed by atoms with Crippen LogP contribution >= 0.6 is 25.3 Å². The van der Waals surface area contributed by atoms with Gasteiger partial charge in [-0.05, 0) is 35.6 Å². The van der Waals surface area contributed by atoms with Crippen molar-refractivity contribution in [3.8, 4) is 0 Å². The molecule has 0 N–H and O–H groups in total. The minimum absolute atomic E-state index is 0.917. The summed E-state index contributed by atoms with van der Waals surface area (Å²) in [7, 11) is 0. The molecule has 0 radical (unpaired) electrons. The third kappa shape index (κ3) is 3.26. The molecule has 0 atom stereocenters. The van der Waals surface area contributed by atoms with E-state index in [1.807, 2.05) is 18.2 Å². The number of hydrogen-bond acceptors (Lipinski definition) is 2. The summed E-state index contributed by atoms with van der Waals surface area (Å²) < 4.78 is 0.